The monoisotopic (exact) mass is 398 g/mol. The Morgan fingerprint density at radius 3 is 2.47 bits per heavy atom. The Morgan fingerprint density at radius 1 is 1.00 bits per heavy atom. The molecule has 0 aliphatic carbocycles. The number of nitrogens with zero attached hydrogens (tertiary/aromatic N) is 5. The van der Waals surface area contributed by atoms with Crippen molar-refractivity contribution in [2.45, 2.75) is 6.92 Å². The first-order valence-electron chi connectivity index (χ1n) is 9.83. The molecule has 0 radical (unpaired) electrons. The third-order valence-corrected chi connectivity index (χ3v) is 5.14. The quantitative estimate of drug-likeness (QED) is 0.726. The molecule has 1 saturated heterocycles. The molecular formula is C23H22N6O. The van der Waals surface area contributed by atoms with Gasteiger partial charge in [0.15, 0.2) is 0 Å². The molecule has 7 nitrogen and oxygen atoms in total. The molecule has 0 saturated carbocycles. The third kappa shape index (κ3) is 4.23. The largest absolute Gasteiger partial charge is 0.368 e. The Labute approximate surface area is 175 Å². The summed E-state index contributed by atoms with van der Waals surface area (Å²) in [6, 6.07) is 17.4. The van der Waals surface area contributed by atoms with Crippen molar-refractivity contribution in [3.05, 3.63) is 77.7 Å². The maximum atomic E-state index is 12.5. The van der Waals surface area contributed by atoms with Crippen molar-refractivity contribution in [2.75, 3.05) is 41.3 Å². The molecular weight excluding hydrogens is 376 g/mol. The summed E-state index contributed by atoms with van der Waals surface area (Å²) in [6.45, 7) is 5.58. The first-order valence-corrected chi connectivity index (χ1v) is 9.83. The van der Waals surface area contributed by atoms with Gasteiger partial charge < -0.3 is 15.1 Å². The van der Waals surface area contributed by atoms with Crippen molar-refractivity contribution in [3.8, 4) is 6.07 Å². The Kier molecular flexibility index (Phi) is 5.57. The highest BCUT2D eigenvalue weighted by Gasteiger charge is 2.19. The van der Waals surface area contributed by atoms with Gasteiger partial charge in [-0.05, 0) is 36.8 Å². The summed E-state index contributed by atoms with van der Waals surface area (Å²) in [6.07, 6.45) is 3.11. The summed E-state index contributed by atoms with van der Waals surface area (Å²) < 4.78 is 0. The molecule has 1 aliphatic rings. The van der Waals surface area contributed by atoms with E-state index in [0.717, 1.165) is 32.0 Å². The zero-order valence-corrected chi connectivity index (χ0v) is 16.7. The molecule has 30 heavy (non-hydrogen) atoms. The maximum absolute atomic E-state index is 12.5. The minimum atomic E-state index is -0.388. The van der Waals surface area contributed by atoms with Crippen molar-refractivity contribution in [3.63, 3.8) is 0 Å². The smallest absolute Gasteiger partial charge is 0.275 e. The second kappa shape index (κ2) is 8.62. The minimum Gasteiger partial charge on any atom is -0.368 e. The lowest BCUT2D eigenvalue weighted by Crippen LogP contribution is -2.46. The normalized spacial score (nSPS) is 13.6. The number of nitriles is 1. The number of para-hydroxylation sites is 1. The van der Waals surface area contributed by atoms with E-state index >= 15 is 0 Å². The van der Waals surface area contributed by atoms with Gasteiger partial charge >= 0.3 is 0 Å². The standard InChI is InChI=1S/C23H22N6O/c1-17-5-4-7-19(13-17)28-9-11-29(12-10-28)22-16-25-21(15-26-22)23(30)27-20-8-3-2-6-18(20)14-24/h2-8,13,15-16H,9-12H2,1H3,(H,27,30). The van der Waals surface area contributed by atoms with Crippen LogP contribution in [-0.2, 0) is 0 Å². The second-order valence-electron chi connectivity index (χ2n) is 7.18. The molecule has 0 spiro atoms. The van der Waals surface area contributed by atoms with E-state index in [9.17, 15) is 4.79 Å². The summed E-state index contributed by atoms with van der Waals surface area (Å²) in [4.78, 5) is 25.7. The number of anilines is 3. The highest BCUT2D eigenvalue weighted by Crippen LogP contribution is 2.20. The first kappa shape index (κ1) is 19.4. The van der Waals surface area contributed by atoms with E-state index in [4.69, 9.17) is 5.26 Å². The number of hydrogen-bond donors (Lipinski definition) is 1. The fourth-order valence-corrected chi connectivity index (χ4v) is 3.50. The van der Waals surface area contributed by atoms with E-state index in [1.165, 1.54) is 17.4 Å². The van der Waals surface area contributed by atoms with Crippen LogP contribution in [0.5, 0.6) is 0 Å². The molecule has 0 atom stereocenters. The Balaban J connectivity index is 1.38. The number of carbonyl (C=O) groups excluding carboxylic acids is 1. The average molecular weight is 398 g/mol. The minimum absolute atomic E-state index is 0.213. The lowest BCUT2D eigenvalue weighted by molar-refractivity contribution is 0.102. The van der Waals surface area contributed by atoms with Crippen LogP contribution < -0.4 is 15.1 Å². The van der Waals surface area contributed by atoms with Crippen molar-refractivity contribution in [1.82, 2.24) is 9.97 Å². The van der Waals surface area contributed by atoms with Gasteiger partial charge in [0.05, 0.1) is 23.6 Å². The van der Waals surface area contributed by atoms with Crippen molar-refractivity contribution < 1.29 is 4.79 Å². The SMILES string of the molecule is Cc1cccc(N2CCN(c3cnc(C(=O)Nc4ccccc4C#N)cn3)CC2)c1. The molecule has 0 unspecified atom stereocenters. The van der Waals surface area contributed by atoms with Gasteiger partial charge in [-0.15, -0.1) is 0 Å². The third-order valence-electron chi connectivity index (χ3n) is 5.14. The van der Waals surface area contributed by atoms with Gasteiger partial charge in [-0.2, -0.15) is 5.26 Å². The number of amides is 1. The number of piperazine rings is 1. The van der Waals surface area contributed by atoms with Crippen molar-refractivity contribution in [2.24, 2.45) is 0 Å². The van der Waals surface area contributed by atoms with E-state index in [0.29, 0.717) is 11.3 Å². The molecule has 2 heterocycles. The molecule has 7 heteroatoms. The van der Waals surface area contributed by atoms with Gasteiger partial charge in [0.1, 0.15) is 17.6 Å². The Hall–Kier alpha value is -3.92. The van der Waals surface area contributed by atoms with E-state index in [2.05, 4.69) is 62.3 Å². The fraction of sp³-hybridized carbons (Fsp3) is 0.217. The summed E-state index contributed by atoms with van der Waals surface area (Å²) in [5.74, 6) is 0.369. The van der Waals surface area contributed by atoms with Gasteiger partial charge in [0.2, 0.25) is 0 Å². The number of nitrogens with one attached hydrogen (secondary N) is 1. The molecule has 1 amide bonds. The molecule has 1 aromatic heterocycles. The Morgan fingerprint density at radius 2 is 1.77 bits per heavy atom. The van der Waals surface area contributed by atoms with Crippen LogP contribution in [0.1, 0.15) is 21.6 Å². The highest BCUT2D eigenvalue weighted by molar-refractivity contribution is 6.03. The van der Waals surface area contributed by atoms with Crippen molar-refractivity contribution >= 4 is 23.1 Å². The van der Waals surface area contributed by atoms with Gasteiger partial charge in [-0.1, -0.05) is 24.3 Å². The first-order chi connectivity index (χ1) is 14.6. The van der Waals surface area contributed by atoms with Crippen molar-refractivity contribution in [1.29, 1.82) is 5.26 Å². The number of aryl methyl sites for hydroxylation is 1. The lowest BCUT2D eigenvalue weighted by atomic mass is 10.2. The number of rotatable bonds is 4. The highest BCUT2D eigenvalue weighted by atomic mass is 16.1. The number of hydrogen-bond acceptors (Lipinski definition) is 6. The Bertz CT molecular complexity index is 1080. The molecule has 3 aromatic rings. The van der Waals surface area contributed by atoms with Crippen LogP contribution in [0.4, 0.5) is 17.2 Å². The molecule has 0 bridgehead atoms. The van der Waals surface area contributed by atoms with E-state index in [-0.39, 0.29) is 11.6 Å². The van der Waals surface area contributed by atoms with E-state index in [1.54, 1.807) is 30.5 Å². The summed E-state index contributed by atoms with van der Waals surface area (Å²) in [5.41, 5.74) is 3.58. The lowest BCUT2D eigenvalue weighted by Gasteiger charge is -2.36. The zero-order chi connectivity index (χ0) is 20.9. The average Bonchev–Trinajstić information content (AvgIpc) is 2.79. The van der Waals surface area contributed by atoms with Gasteiger partial charge in [0, 0.05) is 31.9 Å². The predicted molar refractivity (Wildman–Crippen MR) is 117 cm³/mol. The van der Waals surface area contributed by atoms with E-state index in [1.807, 2.05) is 0 Å². The summed E-state index contributed by atoms with van der Waals surface area (Å²) >= 11 is 0. The number of aromatic nitrogens is 2. The zero-order valence-electron chi connectivity index (χ0n) is 16.7. The number of benzene rings is 2. The molecule has 1 N–H and O–H groups in total. The maximum Gasteiger partial charge on any atom is 0.275 e. The predicted octanol–water partition coefficient (Wildman–Crippen LogP) is 3.24. The van der Waals surface area contributed by atoms with Gasteiger partial charge in [0.25, 0.3) is 5.91 Å². The molecule has 1 fully saturated rings. The van der Waals surface area contributed by atoms with Crippen LogP contribution in [0.15, 0.2) is 60.9 Å². The molecule has 150 valence electrons. The van der Waals surface area contributed by atoms with Crippen LogP contribution in [0, 0.1) is 18.3 Å². The summed E-state index contributed by atoms with van der Waals surface area (Å²) in [5, 5.41) is 11.9. The van der Waals surface area contributed by atoms with Crippen LogP contribution >= 0.6 is 0 Å². The second-order valence-corrected chi connectivity index (χ2v) is 7.18. The van der Waals surface area contributed by atoms with Crippen LogP contribution in [-0.4, -0.2) is 42.1 Å². The molecule has 2 aromatic carbocycles. The summed E-state index contributed by atoms with van der Waals surface area (Å²) in [7, 11) is 0. The van der Waals surface area contributed by atoms with Gasteiger partial charge in [-0.3, -0.25) is 4.79 Å². The van der Waals surface area contributed by atoms with E-state index < -0.39 is 0 Å². The topological polar surface area (TPSA) is 85.1 Å². The van der Waals surface area contributed by atoms with Crippen LogP contribution in [0.3, 0.4) is 0 Å². The van der Waals surface area contributed by atoms with Crippen LogP contribution in [0.2, 0.25) is 0 Å². The molecule has 4 rings (SSSR count). The molecule has 1 aliphatic heterocycles. The number of carbonyl (C=O) groups is 1. The van der Waals surface area contributed by atoms with Gasteiger partial charge in [-0.25, -0.2) is 9.97 Å². The fourth-order valence-electron chi connectivity index (χ4n) is 3.50. The van der Waals surface area contributed by atoms with Crippen LogP contribution in [0.25, 0.3) is 0 Å².